The molecule has 0 saturated heterocycles. The fourth-order valence-corrected chi connectivity index (χ4v) is 2.92. The Kier molecular flexibility index (Phi) is 5.28. The van der Waals surface area contributed by atoms with E-state index in [0.29, 0.717) is 5.41 Å². The van der Waals surface area contributed by atoms with Crippen molar-refractivity contribution >= 4 is 27.5 Å². The second-order valence-corrected chi connectivity index (χ2v) is 7.98. The van der Waals surface area contributed by atoms with Crippen LogP contribution in [0.3, 0.4) is 0 Å². The van der Waals surface area contributed by atoms with E-state index < -0.39 is 0 Å². The molecule has 0 heterocycles. The molecule has 0 atom stereocenters. The van der Waals surface area contributed by atoms with Gasteiger partial charge in [-0.3, -0.25) is 0 Å². The topological polar surface area (TPSA) is 12.0 Å². The molecule has 0 fully saturated rings. The lowest BCUT2D eigenvalue weighted by Crippen LogP contribution is -2.41. The van der Waals surface area contributed by atoms with Crippen LogP contribution in [-0.2, 0) is 6.54 Å². The van der Waals surface area contributed by atoms with Gasteiger partial charge in [0.15, 0.2) is 0 Å². The summed E-state index contributed by atoms with van der Waals surface area (Å²) in [5.74, 6) is 0. The van der Waals surface area contributed by atoms with Crippen molar-refractivity contribution in [3.63, 3.8) is 0 Å². The molecular formula is C15H23BrClN. The molecule has 0 radical (unpaired) electrons. The van der Waals surface area contributed by atoms with Crippen LogP contribution in [0.25, 0.3) is 0 Å². The van der Waals surface area contributed by atoms with Crippen molar-refractivity contribution in [1.29, 1.82) is 0 Å². The highest BCUT2D eigenvalue weighted by atomic mass is 79.9. The monoisotopic (exact) mass is 331 g/mol. The van der Waals surface area contributed by atoms with Crippen molar-refractivity contribution in [2.24, 2.45) is 5.41 Å². The third-order valence-electron chi connectivity index (χ3n) is 2.73. The summed E-state index contributed by atoms with van der Waals surface area (Å²) >= 11 is 9.45. The standard InChI is InChI=1S/C15H23BrClN/c1-14(2,3)10-15(4,5)18-9-11-6-7-13(17)12(16)8-11/h6-8,18H,9-10H2,1-5H3. The maximum atomic E-state index is 5.99. The molecule has 1 aromatic carbocycles. The first-order valence-corrected chi connectivity index (χ1v) is 7.45. The molecule has 0 aliphatic rings. The van der Waals surface area contributed by atoms with Gasteiger partial charge in [-0.15, -0.1) is 0 Å². The summed E-state index contributed by atoms with van der Waals surface area (Å²) in [5, 5.41) is 4.37. The number of rotatable bonds is 4. The van der Waals surface area contributed by atoms with Crippen molar-refractivity contribution in [3.05, 3.63) is 33.3 Å². The number of benzene rings is 1. The molecule has 0 spiro atoms. The molecule has 0 aromatic heterocycles. The van der Waals surface area contributed by atoms with Gasteiger partial charge in [-0.1, -0.05) is 38.4 Å². The molecule has 0 unspecified atom stereocenters. The Hall–Kier alpha value is -0.0500. The highest BCUT2D eigenvalue weighted by Gasteiger charge is 2.24. The van der Waals surface area contributed by atoms with Gasteiger partial charge in [0.25, 0.3) is 0 Å². The molecule has 1 aromatic rings. The van der Waals surface area contributed by atoms with Gasteiger partial charge >= 0.3 is 0 Å². The summed E-state index contributed by atoms with van der Waals surface area (Å²) in [6.07, 6.45) is 1.13. The second kappa shape index (κ2) is 5.94. The molecule has 0 aliphatic carbocycles. The van der Waals surface area contributed by atoms with Crippen LogP contribution in [0.2, 0.25) is 5.02 Å². The van der Waals surface area contributed by atoms with Crippen molar-refractivity contribution in [2.45, 2.75) is 53.1 Å². The first-order valence-electron chi connectivity index (χ1n) is 6.28. The summed E-state index contributed by atoms with van der Waals surface area (Å²) in [7, 11) is 0. The Morgan fingerprint density at radius 3 is 2.28 bits per heavy atom. The van der Waals surface area contributed by atoms with Crippen LogP contribution < -0.4 is 5.32 Å². The second-order valence-electron chi connectivity index (χ2n) is 6.72. The van der Waals surface area contributed by atoms with Crippen LogP contribution >= 0.6 is 27.5 Å². The van der Waals surface area contributed by atoms with E-state index in [-0.39, 0.29) is 5.54 Å². The maximum Gasteiger partial charge on any atom is 0.0548 e. The van der Waals surface area contributed by atoms with Gasteiger partial charge in [0.1, 0.15) is 0 Å². The maximum absolute atomic E-state index is 5.99. The van der Waals surface area contributed by atoms with E-state index in [9.17, 15) is 0 Å². The summed E-state index contributed by atoms with van der Waals surface area (Å²) in [5.41, 5.74) is 1.70. The van der Waals surface area contributed by atoms with Crippen LogP contribution in [0.5, 0.6) is 0 Å². The molecule has 0 aliphatic heterocycles. The summed E-state index contributed by atoms with van der Waals surface area (Å²) in [6.45, 7) is 12.2. The van der Waals surface area contributed by atoms with Crippen molar-refractivity contribution < 1.29 is 0 Å². The van der Waals surface area contributed by atoms with Crippen molar-refractivity contribution in [2.75, 3.05) is 0 Å². The van der Waals surface area contributed by atoms with Crippen LogP contribution in [0.4, 0.5) is 0 Å². The van der Waals surface area contributed by atoms with E-state index in [1.165, 1.54) is 5.56 Å². The Balaban J connectivity index is 2.61. The molecule has 18 heavy (non-hydrogen) atoms. The minimum absolute atomic E-state index is 0.129. The highest BCUT2D eigenvalue weighted by molar-refractivity contribution is 9.10. The molecule has 0 bridgehead atoms. The van der Waals surface area contributed by atoms with Gasteiger partial charge in [-0.25, -0.2) is 0 Å². The minimum atomic E-state index is 0.129. The molecule has 3 heteroatoms. The largest absolute Gasteiger partial charge is 0.308 e. The molecule has 1 rings (SSSR count). The first kappa shape index (κ1) is 16.0. The zero-order valence-electron chi connectivity index (χ0n) is 11.9. The van der Waals surface area contributed by atoms with E-state index >= 15 is 0 Å². The van der Waals surface area contributed by atoms with Crippen LogP contribution in [0.15, 0.2) is 22.7 Å². The first-order chi connectivity index (χ1) is 8.09. The van der Waals surface area contributed by atoms with E-state index in [2.05, 4.69) is 68.0 Å². The van der Waals surface area contributed by atoms with Crippen molar-refractivity contribution in [3.8, 4) is 0 Å². The van der Waals surface area contributed by atoms with Gasteiger partial charge in [0.2, 0.25) is 0 Å². The smallest absolute Gasteiger partial charge is 0.0548 e. The summed E-state index contributed by atoms with van der Waals surface area (Å²) < 4.78 is 0.956. The lowest BCUT2D eigenvalue weighted by Gasteiger charge is -2.33. The zero-order valence-corrected chi connectivity index (χ0v) is 14.2. The third-order valence-corrected chi connectivity index (χ3v) is 3.94. The lowest BCUT2D eigenvalue weighted by atomic mass is 9.82. The van der Waals surface area contributed by atoms with Crippen LogP contribution in [0, 0.1) is 5.41 Å². The number of nitrogens with one attached hydrogen (secondary N) is 1. The Morgan fingerprint density at radius 1 is 1.17 bits per heavy atom. The van der Waals surface area contributed by atoms with Gasteiger partial charge in [0.05, 0.1) is 5.02 Å². The van der Waals surface area contributed by atoms with E-state index in [0.717, 1.165) is 22.5 Å². The molecule has 1 N–H and O–H groups in total. The highest BCUT2D eigenvalue weighted by Crippen LogP contribution is 2.27. The summed E-state index contributed by atoms with van der Waals surface area (Å²) in [6, 6.07) is 6.06. The van der Waals surface area contributed by atoms with E-state index in [4.69, 9.17) is 11.6 Å². The Labute approximate surface area is 124 Å². The average molecular weight is 333 g/mol. The van der Waals surface area contributed by atoms with Gasteiger partial charge < -0.3 is 5.32 Å². The molecule has 1 nitrogen and oxygen atoms in total. The minimum Gasteiger partial charge on any atom is -0.308 e. The van der Waals surface area contributed by atoms with Crippen molar-refractivity contribution in [1.82, 2.24) is 5.32 Å². The fraction of sp³-hybridized carbons (Fsp3) is 0.600. The van der Waals surface area contributed by atoms with Gasteiger partial charge in [-0.05, 0) is 59.3 Å². The predicted molar refractivity (Wildman–Crippen MR) is 84.1 cm³/mol. The average Bonchev–Trinajstić information content (AvgIpc) is 2.16. The third kappa shape index (κ3) is 5.73. The SMILES string of the molecule is CC(C)(C)CC(C)(C)NCc1ccc(Cl)c(Br)c1. The number of halogens is 2. The normalized spacial score (nSPS) is 12.8. The zero-order chi connectivity index (χ0) is 14.0. The molecule has 102 valence electrons. The molecular weight excluding hydrogens is 310 g/mol. The lowest BCUT2D eigenvalue weighted by molar-refractivity contribution is 0.241. The van der Waals surface area contributed by atoms with Gasteiger partial charge in [0, 0.05) is 16.6 Å². The molecule has 0 saturated carbocycles. The van der Waals surface area contributed by atoms with Crippen LogP contribution in [0.1, 0.15) is 46.6 Å². The fourth-order valence-electron chi connectivity index (χ4n) is 2.38. The van der Waals surface area contributed by atoms with Crippen LogP contribution in [-0.4, -0.2) is 5.54 Å². The number of hydrogen-bond acceptors (Lipinski definition) is 1. The number of hydrogen-bond donors (Lipinski definition) is 1. The quantitative estimate of drug-likeness (QED) is 0.777. The Morgan fingerprint density at radius 2 is 1.78 bits per heavy atom. The molecule has 0 amide bonds. The summed E-state index contributed by atoms with van der Waals surface area (Å²) in [4.78, 5) is 0. The van der Waals surface area contributed by atoms with E-state index in [1.807, 2.05) is 6.07 Å². The van der Waals surface area contributed by atoms with Gasteiger partial charge in [-0.2, -0.15) is 0 Å². The van der Waals surface area contributed by atoms with E-state index in [1.54, 1.807) is 0 Å². The Bertz CT molecular complexity index is 407. The predicted octanol–water partition coefficient (Wildman–Crippen LogP) is 5.41.